The number of hydrazone groups is 1. The summed E-state index contributed by atoms with van der Waals surface area (Å²) in [6, 6.07) is 12.9. The van der Waals surface area contributed by atoms with Crippen molar-refractivity contribution in [3.05, 3.63) is 94.9 Å². The number of carbonyl (C=O) groups excluding carboxylic acids is 1. The first-order valence-electron chi connectivity index (χ1n) is 10.3. The van der Waals surface area contributed by atoms with Crippen LogP contribution in [0, 0.1) is 24.4 Å². The van der Waals surface area contributed by atoms with Gasteiger partial charge < -0.3 is 9.84 Å². The molecule has 0 aliphatic heterocycles. The van der Waals surface area contributed by atoms with Crippen molar-refractivity contribution in [2.75, 3.05) is 7.11 Å². The minimum atomic E-state index is -0.887. The van der Waals surface area contributed by atoms with Crippen molar-refractivity contribution < 1.29 is 27.8 Å². The third-order valence-electron chi connectivity index (χ3n) is 5.18. The number of carbonyl (C=O) groups is 1. The van der Waals surface area contributed by atoms with Crippen molar-refractivity contribution in [1.29, 1.82) is 0 Å². The van der Waals surface area contributed by atoms with Crippen LogP contribution in [0.2, 0.25) is 0 Å². The van der Waals surface area contributed by atoms with E-state index in [-0.39, 0.29) is 22.9 Å². The number of aromatic hydroxyl groups is 1. The highest BCUT2D eigenvalue weighted by Gasteiger charge is 2.23. The van der Waals surface area contributed by atoms with Gasteiger partial charge in [-0.1, -0.05) is 0 Å². The van der Waals surface area contributed by atoms with E-state index < -0.39 is 23.4 Å². The van der Waals surface area contributed by atoms with Gasteiger partial charge in [-0.05, 0) is 67.1 Å². The molecule has 178 valence electrons. The third kappa shape index (κ3) is 4.86. The Morgan fingerprint density at radius 1 is 1.06 bits per heavy atom. The van der Waals surface area contributed by atoms with Crippen LogP contribution in [-0.4, -0.2) is 34.1 Å². The number of phenols is 1. The highest BCUT2D eigenvalue weighted by molar-refractivity contribution is 5.96. The van der Waals surface area contributed by atoms with Crippen LogP contribution in [0.25, 0.3) is 16.9 Å². The van der Waals surface area contributed by atoms with Gasteiger partial charge in [0.25, 0.3) is 5.91 Å². The Morgan fingerprint density at radius 3 is 2.46 bits per heavy atom. The summed E-state index contributed by atoms with van der Waals surface area (Å²) in [5.74, 6) is -2.62. The summed E-state index contributed by atoms with van der Waals surface area (Å²) < 4.78 is 47.8. The molecule has 0 unspecified atom stereocenters. The molecule has 0 aliphatic carbocycles. The summed E-state index contributed by atoms with van der Waals surface area (Å²) in [7, 11) is 1.40. The molecule has 7 nitrogen and oxygen atoms in total. The molecular weight excluding hydrogens is 461 g/mol. The molecule has 35 heavy (non-hydrogen) atoms. The second kappa shape index (κ2) is 9.72. The van der Waals surface area contributed by atoms with Crippen molar-refractivity contribution in [3.63, 3.8) is 0 Å². The van der Waals surface area contributed by atoms with Gasteiger partial charge in [-0.25, -0.2) is 23.3 Å². The molecule has 0 saturated carbocycles. The molecule has 0 fully saturated rings. The monoisotopic (exact) mass is 480 g/mol. The number of phenolic OH excluding ortho intramolecular Hbond substituents is 1. The summed E-state index contributed by atoms with van der Waals surface area (Å²) in [5, 5.41) is 17.8. The summed E-state index contributed by atoms with van der Waals surface area (Å²) in [5.41, 5.74) is 3.92. The fourth-order valence-electron chi connectivity index (χ4n) is 3.48. The van der Waals surface area contributed by atoms with E-state index in [0.717, 1.165) is 6.07 Å². The van der Waals surface area contributed by atoms with Gasteiger partial charge in [0.15, 0.2) is 23.0 Å². The highest BCUT2D eigenvalue weighted by atomic mass is 19.1. The van der Waals surface area contributed by atoms with Crippen molar-refractivity contribution in [3.8, 4) is 28.4 Å². The third-order valence-corrected chi connectivity index (χ3v) is 5.18. The lowest BCUT2D eigenvalue weighted by molar-refractivity contribution is 0.0949. The minimum Gasteiger partial charge on any atom is -0.504 e. The summed E-state index contributed by atoms with van der Waals surface area (Å²) in [6.07, 6.45) is 1.34. The molecule has 0 radical (unpaired) electrons. The van der Waals surface area contributed by atoms with E-state index >= 15 is 0 Å². The van der Waals surface area contributed by atoms with Crippen molar-refractivity contribution in [2.24, 2.45) is 5.10 Å². The zero-order valence-corrected chi connectivity index (χ0v) is 18.6. The molecule has 2 N–H and O–H groups in total. The topological polar surface area (TPSA) is 88.7 Å². The van der Waals surface area contributed by atoms with Crippen molar-refractivity contribution in [2.45, 2.75) is 6.92 Å². The molecule has 0 saturated heterocycles. The fraction of sp³-hybridized carbons (Fsp3) is 0.0800. The molecule has 0 atom stereocenters. The van der Waals surface area contributed by atoms with Crippen LogP contribution in [0.4, 0.5) is 13.2 Å². The maximum absolute atomic E-state index is 14.6. The molecule has 10 heteroatoms. The fourth-order valence-corrected chi connectivity index (χ4v) is 3.48. The van der Waals surface area contributed by atoms with Crippen LogP contribution in [0.5, 0.6) is 11.5 Å². The Hall–Kier alpha value is -4.60. The molecule has 0 bridgehead atoms. The Kier molecular flexibility index (Phi) is 6.54. The molecular formula is C25H19F3N4O3. The molecule has 1 amide bonds. The number of ether oxygens (including phenoxy) is 1. The smallest absolute Gasteiger partial charge is 0.292 e. The number of hydrogen-bond acceptors (Lipinski definition) is 5. The van der Waals surface area contributed by atoms with Crippen LogP contribution in [0.15, 0.2) is 65.8 Å². The van der Waals surface area contributed by atoms with Gasteiger partial charge in [-0.15, -0.1) is 0 Å². The summed E-state index contributed by atoms with van der Waals surface area (Å²) >= 11 is 0. The molecule has 1 heterocycles. The number of halogens is 3. The van der Waals surface area contributed by atoms with E-state index in [1.807, 2.05) is 0 Å². The first-order chi connectivity index (χ1) is 16.8. The van der Waals surface area contributed by atoms with E-state index in [2.05, 4.69) is 15.6 Å². The van der Waals surface area contributed by atoms with E-state index in [4.69, 9.17) is 4.74 Å². The maximum atomic E-state index is 14.6. The summed E-state index contributed by atoms with van der Waals surface area (Å²) in [4.78, 5) is 12.9. The number of benzene rings is 3. The number of nitrogens with one attached hydrogen (secondary N) is 1. The SMILES string of the molecule is COc1cc(/C=N/NC(=O)c2nn(-c3ccc(F)cc3F)c(-c3ccc(F)cc3)c2C)ccc1O. The van der Waals surface area contributed by atoms with Gasteiger partial charge in [0, 0.05) is 17.2 Å². The molecule has 0 aliphatic rings. The minimum absolute atomic E-state index is 0.0452. The van der Waals surface area contributed by atoms with Gasteiger partial charge in [0.1, 0.15) is 17.3 Å². The zero-order chi connectivity index (χ0) is 25.1. The lowest BCUT2D eigenvalue weighted by Gasteiger charge is -2.10. The maximum Gasteiger partial charge on any atom is 0.292 e. The van der Waals surface area contributed by atoms with E-state index in [0.29, 0.717) is 28.5 Å². The van der Waals surface area contributed by atoms with Crippen LogP contribution >= 0.6 is 0 Å². The van der Waals surface area contributed by atoms with Gasteiger partial charge in [0.05, 0.1) is 19.0 Å². The normalized spacial score (nSPS) is 11.1. The molecule has 0 spiro atoms. The molecule has 3 aromatic carbocycles. The van der Waals surface area contributed by atoms with E-state index in [1.165, 1.54) is 60.5 Å². The Bertz CT molecular complexity index is 1430. The van der Waals surface area contributed by atoms with E-state index in [9.17, 15) is 23.1 Å². The number of methoxy groups -OCH3 is 1. The largest absolute Gasteiger partial charge is 0.504 e. The zero-order valence-electron chi connectivity index (χ0n) is 18.6. The van der Waals surface area contributed by atoms with Gasteiger partial charge in [0.2, 0.25) is 0 Å². The van der Waals surface area contributed by atoms with Crippen LogP contribution in [0.1, 0.15) is 21.6 Å². The Morgan fingerprint density at radius 2 is 1.77 bits per heavy atom. The average molecular weight is 480 g/mol. The number of rotatable bonds is 6. The highest BCUT2D eigenvalue weighted by Crippen LogP contribution is 2.30. The number of nitrogens with zero attached hydrogens (tertiary/aromatic N) is 3. The quantitative estimate of drug-likeness (QED) is 0.308. The van der Waals surface area contributed by atoms with Crippen LogP contribution in [-0.2, 0) is 0 Å². The molecule has 1 aromatic heterocycles. The standard InChI is InChI=1S/C25H19F3N4O3/c1-14-23(25(34)30-29-13-15-3-10-21(33)22(11-15)35-2)31-32(20-9-8-18(27)12-19(20)28)24(14)16-4-6-17(26)7-5-16/h3-13,33H,1-2H3,(H,30,34)/b29-13+. The molecule has 4 rings (SSSR count). The lowest BCUT2D eigenvalue weighted by atomic mass is 10.1. The Labute approximate surface area is 198 Å². The van der Waals surface area contributed by atoms with Gasteiger partial charge in [-0.3, -0.25) is 4.79 Å². The number of amides is 1. The Balaban J connectivity index is 1.71. The second-order valence-electron chi connectivity index (χ2n) is 7.47. The van der Waals surface area contributed by atoms with Crippen LogP contribution < -0.4 is 10.2 Å². The van der Waals surface area contributed by atoms with Crippen molar-refractivity contribution >= 4 is 12.1 Å². The lowest BCUT2D eigenvalue weighted by Crippen LogP contribution is -2.19. The average Bonchev–Trinajstić information content (AvgIpc) is 3.17. The van der Waals surface area contributed by atoms with Gasteiger partial charge in [-0.2, -0.15) is 10.2 Å². The van der Waals surface area contributed by atoms with Crippen molar-refractivity contribution in [1.82, 2.24) is 15.2 Å². The first kappa shape index (κ1) is 23.6. The number of aromatic nitrogens is 2. The number of hydrogen-bond donors (Lipinski definition) is 2. The predicted octanol–water partition coefficient (Wildman–Crippen LogP) is 4.74. The first-order valence-corrected chi connectivity index (χ1v) is 10.3. The second-order valence-corrected chi connectivity index (χ2v) is 7.47. The van der Waals surface area contributed by atoms with Crippen LogP contribution in [0.3, 0.4) is 0 Å². The van der Waals surface area contributed by atoms with Gasteiger partial charge >= 0.3 is 0 Å². The summed E-state index contributed by atoms with van der Waals surface area (Å²) in [6.45, 7) is 1.60. The molecule has 4 aromatic rings. The predicted molar refractivity (Wildman–Crippen MR) is 123 cm³/mol. The van der Waals surface area contributed by atoms with E-state index in [1.54, 1.807) is 13.0 Å².